The first-order chi connectivity index (χ1) is 9.08. The molecule has 0 radical (unpaired) electrons. The van der Waals surface area contributed by atoms with E-state index >= 15 is 0 Å². The van der Waals surface area contributed by atoms with E-state index in [2.05, 4.69) is 16.8 Å². The molecule has 4 heteroatoms. The topological polar surface area (TPSA) is 59.1 Å². The zero-order valence-corrected chi connectivity index (χ0v) is 12.0. The van der Waals surface area contributed by atoms with Crippen molar-refractivity contribution in [3.05, 3.63) is 51.2 Å². The number of hydrogen-bond acceptors (Lipinski definition) is 3. The second kappa shape index (κ2) is 5.89. The second-order valence-electron chi connectivity index (χ2n) is 4.58. The summed E-state index contributed by atoms with van der Waals surface area (Å²) < 4.78 is 5.87. The van der Waals surface area contributed by atoms with Gasteiger partial charge in [0.25, 0.3) is 0 Å². The number of rotatable bonds is 5. The Hall–Kier alpha value is -1.81. The number of thiophene rings is 1. The number of nitrogens with two attached hydrogens (primary N) is 1. The Balaban J connectivity index is 2.06. The minimum Gasteiger partial charge on any atom is -0.493 e. The molecular formula is C15H18N2OS. The van der Waals surface area contributed by atoms with Crippen molar-refractivity contribution in [1.29, 1.82) is 5.41 Å². The Labute approximate surface area is 117 Å². The zero-order valence-electron chi connectivity index (χ0n) is 11.2. The fraction of sp³-hybridized carbons (Fsp3) is 0.267. The first kappa shape index (κ1) is 13.6. The summed E-state index contributed by atoms with van der Waals surface area (Å²) in [6.45, 7) is 4.64. The van der Waals surface area contributed by atoms with Gasteiger partial charge in [-0.15, -0.1) is 0 Å². The summed E-state index contributed by atoms with van der Waals surface area (Å²) in [6, 6.07) is 5.91. The number of nitrogens with one attached hydrogen (secondary N) is 1. The molecule has 0 spiro atoms. The average molecular weight is 274 g/mol. The molecule has 0 aliphatic heterocycles. The monoisotopic (exact) mass is 274 g/mol. The third-order valence-electron chi connectivity index (χ3n) is 2.99. The predicted octanol–water partition coefficient (Wildman–Crippen LogP) is 3.27. The Bertz CT molecular complexity index is 553. The summed E-state index contributed by atoms with van der Waals surface area (Å²) in [5.74, 6) is 0.997. The van der Waals surface area contributed by atoms with Crippen molar-refractivity contribution in [1.82, 2.24) is 0 Å². The van der Waals surface area contributed by atoms with Crippen molar-refractivity contribution in [3.63, 3.8) is 0 Å². The Morgan fingerprint density at radius 1 is 1.32 bits per heavy atom. The lowest BCUT2D eigenvalue weighted by Gasteiger charge is -2.13. The molecule has 0 saturated carbocycles. The molecule has 19 heavy (non-hydrogen) atoms. The second-order valence-corrected chi connectivity index (χ2v) is 5.36. The number of hydrogen-bond donors (Lipinski definition) is 2. The van der Waals surface area contributed by atoms with E-state index in [9.17, 15) is 0 Å². The molecule has 0 aliphatic rings. The summed E-state index contributed by atoms with van der Waals surface area (Å²) >= 11 is 1.70. The van der Waals surface area contributed by atoms with Gasteiger partial charge in [0.05, 0.1) is 6.61 Å². The normalized spacial score (nSPS) is 10.4. The van der Waals surface area contributed by atoms with Gasteiger partial charge in [-0.05, 0) is 59.5 Å². The highest BCUT2D eigenvalue weighted by atomic mass is 32.1. The van der Waals surface area contributed by atoms with Crippen molar-refractivity contribution < 1.29 is 4.74 Å². The van der Waals surface area contributed by atoms with E-state index in [4.69, 9.17) is 15.9 Å². The van der Waals surface area contributed by atoms with Crippen molar-refractivity contribution in [2.24, 2.45) is 5.73 Å². The van der Waals surface area contributed by atoms with Gasteiger partial charge in [0.1, 0.15) is 11.6 Å². The molecule has 2 aromatic rings. The van der Waals surface area contributed by atoms with Crippen LogP contribution in [0.25, 0.3) is 0 Å². The first-order valence-electron chi connectivity index (χ1n) is 6.17. The minimum atomic E-state index is 0.0935. The van der Waals surface area contributed by atoms with Crippen LogP contribution in [0.5, 0.6) is 5.75 Å². The molecule has 0 unspecified atom stereocenters. The Morgan fingerprint density at radius 3 is 2.53 bits per heavy atom. The van der Waals surface area contributed by atoms with Gasteiger partial charge in [0, 0.05) is 12.0 Å². The van der Waals surface area contributed by atoms with Gasteiger partial charge in [-0.3, -0.25) is 5.41 Å². The van der Waals surface area contributed by atoms with Crippen LogP contribution in [0, 0.1) is 19.3 Å². The van der Waals surface area contributed by atoms with E-state index < -0.39 is 0 Å². The van der Waals surface area contributed by atoms with E-state index in [1.165, 1.54) is 5.56 Å². The lowest BCUT2D eigenvalue weighted by molar-refractivity contribution is 0.318. The van der Waals surface area contributed by atoms with E-state index in [-0.39, 0.29) is 5.84 Å². The molecule has 1 heterocycles. The predicted molar refractivity (Wildman–Crippen MR) is 80.5 cm³/mol. The van der Waals surface area contributed by atoms with Crippen LogP contribution in [-0.2, 0) is 6.42 Å². The van der Waals surface area contributed by atoms with Crippen LogP contribution in [-0.4, -0.2) is 12.4 Å². The summed E-state index contributed by atoms with van der Waals surface area (Å²) in [4.78, 5) is 0. The molecule has 0 bridgehead atoms. The van der Waals surface area contributed by atoms with Crippen LogP contribution < -0.4 is 10.5 Å². The molecule has 1 aromatic heterocycles. The number of aryl methyl sites for hydroxylation is 2. The van der Waals surface area contributed by atoms with E-state index in [1.807, 2.05) is 26.0 Å². The fourth-order valence-electron chi connectivity index (χ4n) is 2.04. The maximum atomic E-state index is 7.47. The Kier molecular flexibility index (Phi) is 4.22. The van der Waals surface area contributed by atoms with Gasteiger partial charge >= 0.3 is 0 Å². The molecular weight excluding hydrogens is 256 g/mol. The van der Waals surface area contributed by atoms with Crippen molar-refractivity contribution in [2.75, 3.05) is 6.61 Å². The number of ether oxygens (including phenoxy) is 1. The van der Waals surface area contributed by atoms with Gasteiger partial charge in [0.15, 0.2) is 0 Å². The third kappa shape index (κ3) is 3.35. The maximum Gasteiger partial charge on any atom is 0.125 e. The average Bonchev–Trinajstić information content (AvgIpc) is 2.85. The fourth-order valence-corrected chi connectivity index (χ4v) is 2.74. The highest BCUT2D eigenvalue weighted by Crippen LogP contribution is 2.25. The smallest absolute Gasteiger partial charge is 0.125 e. The van der Waals surface area contributed by atoms with Crippen LogP contribution in [0.2, 0.25) is 0 Å². The number of nitrogen functional groups attached to an aromatic ring is 1. The van der Waals surface area contributed by atoms with Gasteiger partial charge in [0.2, 0.25) is 0 Å². The highest BCUT2D eigenvalue weighted by molar-refractivity contribution is 7.07. The van der Waals surface area contributed by atoms with Gasteiger partial charge < -0.3 is 10.5 Å². The molecule has 3 N–H and O–H groups in total. The lowest BCUT2D eigenvalue weighted by Crippen LogP contribution is -2.12. The van der Waals surface area contributed by atoms with Crippen LogP contribution in [0.15, 0.2) is 29.0 Å². The van der Waals surface area contributed by atoms with Crippen molar-refractivity contribution in [2.45, 2.75) is 20.3 Å². The molecule has 1 aromatic carbocycles. The lowest BCUT2D eigenvalue weighted by atomic mass is 10.1. The summed E-state index contributed by atoms with van der Waals surface area (Å²) in [5.41, 5.74) is 9.61. The van der Waals surface area contributed by atoms with Crippen molar-refractivity contribution >= 4 is 17.2 Å². The SMILES string of the molecule is Cc1cc(C(=N)N)cc(C)c1OCCc1ccsc1. The quantitative estimate of drug-likeness (QED) is 0.649. The standard InChI is InChI=1S/C15H18N2OS/c1-10-7-13(15(16)17)8-11(2)14(10)18-5-3-12-4-6-19-9-12/h4,6-9H,3,5H2,1-2H3,(H3,16,17). The molecule has 0 aliphatic carbocycles. The van der Waals surface area contributed by atoms with Crippen LogP contribution in [0.1, 0.15) is 22.3 Å². The molecule has 2 rings (SSSR count). The number of amidine groups is 1. The van der Waals surface area contributed by atoms with Gasteiger partial charge in [-0.25, -0.2) is 0 Å². The number of benzene rings is 1. The van der Waals surface area contributed by atoms with Gasteiger partial charge in [-0.1, -0.05) is 0 Å². The molecule has 0 amide bonds. The van der Waals surface area contributed by atoms with Crippen LogP contribution in [0.4, 0.5) is 0 Å². The van der Waals surface area contributed by atoms with E-state index in [0.717, 1.165) is 28.9 Å². The van der Waals surface area contributed by atoms with E-state index in [0.29, 0.717) is 6.61 Å². The third-order valence-corrected chi connectivity index (χ3v) is 3.72. The largest absolute Gasteiger partial charge is 0.493 e. The maximum absolute atomic E-state index is 7.47. The molecule has 0 atom stereocenters. The van der Waals surface area contributed by atoms with Crippen LogP contribution in [0.3, 0.4) is 0 Å². The first-order valence-corrected chi connectivity index (χ1v) is 7.11. The zero-order chi connectivity index (χ0) is 13.8. The highest BCUT2D eigenvalue weighted by Gasteiger charge is 2.08. The van der Waals surface area contributed by atoms with Gasteiger partial charge in [-0.2, -0.15) is 11.3 Å². The summed E-state index contributed by atoms with van der Waals surface area (Å²) in [6.07, 6.45) is 0.914. The Morgan fingerprint density at radius 2 is 2.00 bits per heavy atom. The molecule has 0 fully saturated rings. The van der Waals surface area contributed by atoms with Crippen LogP contribution >= 0.6 is 11.3 Å². The van der Waals surface area contributed by atoms with Crippen molar-refractivity contribution in [3.8, 4) is 5.75 Å². The van der Waals surface area contributed by atoms with E-state index in [1.54, 1.807) is 11.3 Å². The molecule has 3 nitrogen and oxygen atoms in total. The molecule has 100 valence electrons. The summed E-state index contributed by atoms with van der Waals surface area (Å²) in [7, 11) is 0. The molecule has 0 saturated heterocycles. The minimum absolute atomic E-state index is 0.0935. The summed E-state index contributed by atoms with van der Waals surface area (Å²) in [5, 5.41) is 11.7.